The molecule has 0 spiro atoms. The average molecular weight is 598 g/mol. The van der Waals surface area contributed by atoms with E-state index in [9.17, 15) is 28.3 Å². The van der Waals surface area contributed by atoms with Crippen molar-refractivity contribution in [1.29, 1.82) is 0 Å². The van der Waals surface area contributed by atoms with Crippen molar-refractivity contribution in [1.82, 2.24) is 9.47 Å². The van der Waals surface area contributed by atoms with Crippen LogP contribution in [0.4, 0.5) is 14.5 Å². The third-order valence-corrected chi connectivity index (χ3v) is 7.06. The van der Waals surface area contributed by atoms with Crippen molar-refractivity contribution in [3.8, 4) is 11.5 Å². The predicted octanol–water partition coefficient (Wildman–Crippen LogP) is 6.41. The molecule has 1 aromatic heterocycles. The van der Waals surface area contributed by atoms with Gasteiger partial charge in [-0.15, -0.1) is 0 Å². The molecule has 0 saturated carbocycles. The molecule has 1 heterocycles. The molecule has 0 fully saturated rings. The molecule has 0 unspecified atom stereocenters. The number of aromatic carboxylic acids is 1. The minimum atomic E-state index is -1.47. The summed E-state index contributed by atoms with van der Waals surface area (Å²) in [5.74, 6) is -2.57. The maximum atomic E-state index is 14.7. The minimum Gasteiger partial charge on any atom is -0.477 e. The zero-order chi connectivity index (χ0) is 31.4. The van der Waals surface area contributed by atoms with Crippen LogP contribution in [0.3, 0.4) is 0 Å². The van der Waals surface area contributed by atoms with Crippen LogP contribution in [0.15, 0.2) is 95.9 Å². The number of aromatic nitrogens is 1. The number of carboxylic acids is 1. The molecule has 44 heavy (non-hydrogen) atoms. The van der Waals surface area contributed by atoms with Gasteiger partial charge in [-0.05, 0) is 61.1 Å². The molecule has 0 radical (unpaired) electrons. The van der Waals surface area contributed by atoms with Crippen LogP contribution in [-0.4, -0.2) is 33.5 Å². The lowest BCUT2D eigenvalue weighted by Gasteiger charge is -2.22. The summed E-state index contributed by atoms with van der Waals surface area (Å²) in [6, 6.07) is 23.0. The molecule has 8 nitrogen and oxygen atoms in total. The van der Waals surface area contributed by atoms with Crippen molar-refractivity contribution in [3.05, 3.63) is 135 Å². The van der Waals surface area contributed by atoms with Crippen LogP contribution < -0.4 is 15.5 Å². The molecule has 4 aromatic carbocycles. The van der Waals surface area contributed by atoms with Gasteiger partial charge in [0, 0.05) is 43.0 Å². The van der Waals surface area contributed by atoms with Gasteiger partial charge in [-0.25, -0.2) is 13.6 Å². The Morgan fingerprint density at radius 1 is 0.886 bits per heavy atom. The fourth-order valence-corrected chi connectivity index (χ4v) is 5.07. The lowest BCUT2D eigenvalue weighted by Crippen LogP contribution is -2.23. The van der Waals surface area contributed by atoms with Gasteiger partial charge in [-0.1, -0.05) is 36.4 Å². The highest BCUT2D eigenvalue weighted by atomic mass is 19.1. The number of fused-ring (bicyclic) bond motifs is 1. The molecule has 2 N–H and O–H groups in total. The Balaban J connectivity index is 1.67. The number of nitrogens with zero attached hydrogens (tertiary/aromatic N) is 2. The monoisotopic (exact) mass is 597 g/mol. The maximum absolute atomic E-state index is 14.7. The SMILES string of the molecule is CC(=O)Nc1ccc(Oc2ccc3c(c2CN(C)Cc2ccccc2)c(=O)c(C(=O)O)cn3Cc2c(F)cccc2F)cc1. The first-order valence-corrected chi connectivity index (χ1v) is 13.7. The van der Waals surface area contributed by atoms with E-state index < -0.39 is 28.6 Å². The Bertz CT molecular complexity index is 1890. The predicted molar refractivity (Wildman–Crippen MR) is 163 cm³/mol. The van der Waals surface area contributed by atoms with Crippen molar-refractivity contribution in [2.45, 2.75) is 26.6 Å². The molecule has 5 aromatic rings. The molecule has 5 rings (SSSR count). The summed E-state index contributed by atoms with van der Waals surface area (Å²) in [5.41, 5.74) is 0.730. The first-order valence-electron chi connectivity index (χ1n) is 13.7. The fraction of sp³-hybridized carbons (Fsp3) is 0.147. The topological polar surface area (TPSA) is 101 Å². The van der Waals surface area contributed by atoms with E-state index in [4.69, 9.17) is 4.74 Å². The van der Waals surface area contributed by atoms with E-state index in [-0.39, 0.29) is 29.9 Å². The van der Waals surface area contributed by atoms with Gasteiger partial charge < -0.3 is 19.7 Å². The van der Waals surface area contributed by atoms with Crippen LogP contribution in [-0.2, 0) is 24.4 Å². The van der Waals surface area contributed by atoms with Gasteiger partial charge in [0.15, 0.2) is 0 Å². The van der Waals surface area contributed by atoms with Crippen LogP contribution in [0.5, 0.6) is 11.5 Å². The largest absolute Gasteiger partial charge is 0.477 e. The normalized spacial score (nSPS) is 11.1. The van der Waals surface area contributed by atoms with Gasteiger partial charge in [0.1, 0.15) is 28.7 Å². The fourth-order valence-electron chi connectivity index (χ4n) is 5.07. The van der Waals surface area contributed by atoms with E-state index in [0.29, 0.717) is 34.8 Å². The molecule has 0 aliphatic heterocycles. The highest BCUT2D eigenvalue weighted by Gasteiger charge is 2.22. The Kier molecular flexibility index (Phi) is 8.82. The number of nitrogens with one attached hydrogen (secondary N) is 1. The standard InChI is InChI=1S/C34H29F2N3O5/c1-21(40)37-23-11-13-24(14-12-23)44-31-16-15-30-32(26(31)18-38(2)17-22-7-4-3-5-8-22)33(41)27(34(42)43)20-39(30)19-25-28(35)9-6-10-29(25)36/h3-16,20H,17-19H2,1-2H3,(H,37,40)(H,42,43). The van der Waals surface area contributed by atoms with Gasteiger partial charge in [0.05, 0.1) is 17.4 Å². The number of halogens is 2. The van der Waals surface area contributed by atoms with E-state index in [2.05, 4.69) is 5.32 Å². The number of carbonyl (C=O) groups excluding carboxylic acids is 1. The van der Waals surface area contributed by atoms with E-state index in [1.807, 2.05) is 42.3 Å². The number of anilines is 1. The molecule has 1 amide bonds. The number of benzene rings is 4. The van der Waals surface area contributed by atoms with Gasteiger partial charge in [-0.3, -0.25) is 14.5 Å². The minimum absolute atomic E-state index is 0.0638. The van der Waals surface area contributed by atoms with E-state index >= 15 is 0 Å². The van der Waals surface area contributed by atoms with Crippen molar-refractivity contribution < 1.29 is 28.2 Å². The summed E-state index contributed by atoms with van der Waals surface area (Å²) >= 11 is 0. The number of pyridine rings is 1. The van der Waals surface area contributed by atoms with E-state index in [1.54, 1.807) is 36.4 Å². The van der Waals surface area contributed by atoms with Crippen LogP contribution in [0.25, 0.3) is 10.9 Å². The second-order valence-corrected chi connectivity index (χ2v) is 10.4. The number of hydrogen-bond donors (Lipinski definition) is 2. The van der Waals surface area contributed by atoms with Gasteiger partial charge in [0.2, 0.25) is 11.3 Å². The van der Waals surface area contributed by atoms with Gasteiger partial charge in [0.25, 0.3) is 0 Å². The van der Waals surface area contributed by atoms with Crippen molar-refractivity contribution in [3.63, 3.8) is 0 Å². The van der Waals surface area contributed by atoms with E-state index in [0.717, 1.165) is 23.9 Å². The smallest absolute Gasteiger partial charge is 0.341 e. The summed E-state index contributed by atoms with van der Waals surface area (Å²) in [7, 11) is 1.85. The van der Waals surface area contributed by atoms with Gasteiger partial charge >= 0.3 is 5.97 Å². The highest BCUT2D eigenvalue weighted by molar-refractivity contribution is 5.94. The summed E-state index contributed by atoms with van der Waals surface area (Å²) < 4.78 is 36.9. The number of carboxylic acid groups (broad SMARTS) is 1. The summed E-state index contributed by atoms with van der Waals surface area (Å²) in [6.45, 7) is 1.74. The summed E-state index contributed by atoms with van der Waals surface area (Å²) in [5, 5.41) is 12.7. The molecular formula is C34H29F2N3O5. The number of carbonyl (C=O) groups is 2. The van der Waals surface area contributed by atoms with E-state index in [1.165, 1.54) is 17.6 Å². The Hall–Kier alpha value is -5.35. The van der Waals surface area contributed by atoms with Crippen molar-refractivity contribution in [2.24, 2.45) is 0 Å². The third kappa shape index (κ3) is 6.66. The van der Waals surface area contributed by atoms with Crippen LogP contribution in [0.1, 0.15) is 34.0 Å². The van der Waals surface area contributed by atoms with Crippen molar-refractivity contribution >= 4 is 28.5 Å². The number of hydrogen-bond acceptors (Lipinski definition) is 5. The molecule has 0 aliphatic carbocycles. The number of rotatable bonds is 10. The molecular weight excluding hydrogens is 568 g/mol. The molecule has 10 heteroatoms. The highest BCUT2D eigenvalue weighted by Crippen LogP contribution is 2.33. The lowest BCUT2D eigenvalue weighted by molar-refractivity contribution is -0.114. The van der Waals surface area contributed by atoms with Crippen molar-refractivity contribution in [2.75, 3.05) is 12.4 Å². The summed E-state index contributed by atoms with van der Waals surface area (Å²) in [4.78, 5) is 39.4. The Labute approximate surface area is 251 Å². The Morgan fingerprint density at radius 3 is 2.20 bits per heavy atom. The zero-order valence-corrected chi connectivity index (χ0v) is 24.0. The Morgan fingerprint density at radius 2 is 1.57 bits per heavy atom. The average Bonchev–Trinajstić information content (AvgIpc) is 2.98. The van der Waals surface area contributed by atoms with Crippen LogP contribution >= 0.6 is 0 Å². The number of ether oxygens (including phenoxy) is 1. The van der Waals surface area contributed by atoms with Crippen LogP contribution in [0, 0.1) is 11.6 Å². The molecule has 224 valence electrons. The number of amides is 1. The third-order valence-electron chi connectivity index (χ3n) is 7.06. The lowest BCUT2D eigenvalue weighted by atomic mass is 10.0. The first-order chi connectivity index (χ1) is 21.1. The zero-order valence-electron chi connectivity index (χ0n) is 24.0. The molecule has 0 saturated heterocycles. The quantitative estimate of drug-likeness (QED) is 0.193. The second kappa shape index (κ2) is 12.9. The second-order valence-electron chi connectivity index (χ2n) is 10.4. The first kappa shape index (κ1) is 30.1. The summed E-state index contributed by atoms with van der Waals surface area (Å²) in [6.07, 6.45) is 1.11. The molecule has 0 atom stereocenters. The molecule has 0 aliphatic rings. The van der Waals surface area contributed by atoms with Crippen LogP contribution in [0.2, 0.25) is 0 Å². The maximum Gasteiger partial charge on any atom is 0.341 e. The molecule has 0 bridgehead atoms. The van der Waals surface area contributed by atoms with Gasteiger partial charge in [-0.2, -0.15) is 0 Å².